The van der Waals surface area contributed by atoms with Crippen molar-refractivity contribution in [2.75, 3.05) is 24.1 Å². The summed E-state index contributed by atoms with van der Waals surface area (Å²) in [5, 5.41) is 4.75. The van der Waals surface area contributed by atoms with E-state index in [4.69, 9.17) is 9.47 Å². The van der Waals surface area contributed by atoms with E-state index in [1.54, 1.807) is 30.0 Å². The fraction of sp³-hybridized carbons (Fsp3) is 0.190. The molecule has 0 radical (unpaired) electrons. The summed E-state index contributed by atoms with van der Waals surface area (Å²) < 4.78 is 11.3. The minimum Gasteiger partial charge on any atom is -0.454 e. The number of ketones is 1. The molecule has 0 aliphatic carbocycles. The number of amides is 1. The summed E-state index contributed by atoms with van der Waals surface area (Å²) in [5.41, 5.74) is 2.04. The number of rotatable bonds is 8. The number of aromatic nitrogens is 1. The third-order valence-electron chi connectivity index (χ3n) is 4.25. The highest BCUT2D eigenvalue weighted by Crippen LogP contribution is 2.33. The molecule has 0 unspecified atom stereocenters. The van der Waals surface area contributed by atoms with Gasteiger partial charge in [0.05, 0.1) is 17.9 Å². The van der Waals surface area contributed by atoms with Crippen LogP contribution in [0.2, 0.25) is 0 Å². The maximum absolute atomic E-state index is 12.5. The smallest absolute Gasteiger partial charge is 0.231 e. The lowest BCUT2D eigenvalue weighted by Gasteiger charge is -2.05. The van der Waals surface area contributed by atoms with Crippen LogP contribution in [-0.4, -0.2) is 35.5 Å². The Hall–Kier alpha value is -2.49. The molecule has 0 saturated heterocycles. The van der Waals surface area contributed by atoms with Gasteiger partial charge in [-0.2, -0.15) is 0 Å². The number of benzene rings is 2. The Morgan fingerprint density at radius 2 is 2.03 bits per heavy atom. The molecule has 1 N–H and O–H groups in total. The minimum absolute atomic E-state index is 0.0125. The predicted molar refractivity (Wildman–Crippen MR) is 120 cm³/mol. The summed E-state index contributed by atoms with van der Waals surface area (Å²) >= 11 is 4.42. The Balaban J connectivity index is 1.29. The van der Waals surface area contributed by atoms with Crippen molar-refractivity contribution in [1.82, 2.24) is 4.98 Å². The summed E-state index contributed by atoms with van der Waals surface area (Å²) in [6.07, 6.45) is 2.18. The first kappa shape index (κ1) is 20.8. The topological polar surface area (TPSA) is 77.5 Å². The lowest BCUT2D eigenvalue weighted by molar-refractivity contribution is -0.115. The van der Waals surface area contributed by atoms with Crippen molar-refractivity contribution in [2.45, 2.75) is 15.7 Å². The molecule has 2 aromatic carbocycles. The van der Waals surface area contributed by atoms with Crippen molar-refractivity contribution in [1.29, 1.82) is 0 Å². The zero-order chi connectivity index (χ0) is 20.9. The SMILES string of the molecule is CSc1cccc(NC(=O)Cc2csc(SCC(=O)c3ccc4c(c3)OCO4)n2)c1. The van der Waals surface area contributed by atoms with Gasteiger partial charge >= 0.3 is 0 Å². The average molecular weight is 459 g/mol. The van der Waals surface area contributed by atoms with Gasteiger partial charge in [-0.3, -0.25) is 9.59 Å². The standard InChI is InChI=1S/C21H18N2O4S3/c1-28-16-4-2-3-14(8-16)22-20(25)9-15-10-29-21(23-15)30-11-17(24)13-5-6-18-19(7-13)27-12-26-18/h2-8,10H,9,11-12H2,1H3,(H,22,25). The number of carbonyl (C=O) groups is 2. The number of ether oxygens (including phenoxy) is 2. The lowest BCUT2D eigenvalue weighted by Crippen LogP contribution is -2.14. The molecule has 6 nitrogen and oxygen atoms in total. The van der Waals surface area contributed by atoms with Gasteiger partial charge in [0, 0.05) is 21.5 Å². The van der Waals surface area contributed by atoms with Gasteiger partial charge in [0.25, 0.3) is 0 Å². The van der Waals surface area contributed by atoms with Crippen molar-refractivity contribution in [3.63, 3.8) is 0 Å². The van der Waals surface area contributed by atoms with Crippen molar-refractivity contribution in [3.8, 4) is 11.5 Å². The third-order valence-corrected chi connectivity index (χ3v) is 7.04. The summed E-state index contributed by atoms with van der Waals surface area (Å²) in [7, 11) is 0. The van der Waals surface area contributed by atoms with Crippen LogP contribution < -0.4 is 14.8 Å². The molecule has 3 aromatic rings. The lowest BCUT2D eigenvalue weighted by atomic mass is 10.1. The first-order chi connectivity index (χ1) is 14.6. The van der Waals surface area contributed by atoms with Crippen LogP contribution in [0, 0.1) is 0 Å². The molecule has 0 saturated carbocycles. The van der Waals surface area contributed by atoms with Crippen LogP contribution in [-0.2, 0) is 11.2 Å². The number of fused-ring (bicyclic) bond motifs is 1. The Morgan fingerprint density at radius 3 is 2.90 bits per heavy atom. The van der Waals surface area contributed by atoms with E-state index in [0.29, 0.717) is 22.8 Å². The number of nitrogens with one attached hydrogen (secondary N) is 1. The maximum Gasteiger partial charge on any atom is 0.231 e. The first-order valence-electron chi connectivity index (χ1n) is 9.04. The first-order valence-corrected chi connectivity index (χ1v) is 12.1. The highest BCUT2D eigenvalue weighted by molar-refractivity contribution is 8.01. The zero-order valence-electron chi connectivity index (χ0n) is 16.0. The summed E-state index contributed by atoms with van der Waals surface area (Å²) in [6, 6.07) is 12.9. The van der Waals surface area contributed by atoms with Crippen LogP contribution in [0.1, 0.15) is 16.1 Å². The van der Waals surface area contributed by atoms with Gasteiger partial charge in [-0.1, -0.05) is 17.8 Å². The molecule has 1 aliphatic rings. The van der Waals surface area contributed by atoms with Crippen molar-refractivity contribution < 1.29 is 19.1 Å². The van der Waals surface area contributed by atoms with Crippen LogP contribution >= 0.6 is 34.9 Å². The van der Waals surface area contributed by atoms with Crippen LogP contribution in [0.25, 0.3) is 0 Å². The monoisotopic (exact) mass is 458 g/mol. The highest BCUT2D eigenvalue weighted by atomic mass is 32.2. The molecule has 0 spiro atoms. The molecule has 30 heavy (non-hydrogen) atoms. The summed E-state index contributed by atoms with van der Waals surface area (Å²) in [4.78, 5) is 30.3. The van der Waals surface area contributed by atoms with E-state index in [9.17, 15) is 9.59 Å². The molecule has 2 heterocycles. The van der Waals surface area contributed by atoms with Crippen molar-refractivity contribution in [2.24, 2.45) is 0 Å². The molecule has 0 fully saturated rings. The van der Waals surface area contributed by atoms with Crippen LogP contribution in [0.4, 0.5) is 5.69 Å². The van der Waals surface area contributed by atoms with E-state index >= 15 is 0 Å². The van der Waals surface area contributed by atoms with Crippen molar-refractivity contribution in [3.05, 3.63) is 59.1 Å². The Labute approximate surface area is 186 Å². The molecule has 154 valence electrons. The number of anilines is 1. The highest BCUT2D eigenvalue weighted by Gasteiger charge is 2.17. The Morgan fingerprint density at radius 1 is 1.17 bits per heavy atom. The van der Waals surface area contributed by atoms with Gasteiger partial charge in [-0.15, -0.1) is 23.1 Å². The van der Waals surface area contributed by atoms with E-state index in [1.807, 2.05) is 35.9 Å². The normalized spacial score (nSPS) is 12.0. The molecule has 9 heteroatoms. The number of Topliss-reactive ketones (excluding diaryl/α,β-unsaturated/α-hetero) is 1. The van der Waals surface area contributed by atoms with E-state index in [0.717, 1.165) is 14.9 Å². The van der Waals surface area contributed by atoms with Crippen LogP contribution in [0.3, 0.4) is 0 Å². The van der Waals surface area contributed by atoms with Gasteiger partial charge in [0.2, 0.25) is 12.7 Å². The second-order valence-corrected chi connectivity index (χ2v) is 9.30. The van der Waals surface area contributed by atoms with Gasteiger partial charge in [-0.05, 0) is 42.7 Å². The van der Waals surface area contributed by atoms with Crippen LogP contribution in [0.5, 0.6) is 11.5 Å². The van der Waals surface area contributed by atoms with E-state index < -0.39 is 0 Å². The quantitative estimate of drug-likeness (QED) is 0.385. The maximum atomic E-state index is 12.5. The van der Waals surface area contributed by atoms with E-state index in [2.05, 4.69) is 10.3 Å². The number of thiazole rings is 1. The minimum atomic E-state index is -0.119. The fourth-order valence-corrected chi connectivity index (χ4v) is 4.99. The summed E-state index contributed by atoms with van der Waals surface area (Å²) in [5.74, 6) is 1.38. The molecule has 1 aromatic heterocycles. The zero-order valence-corrected chi connectivity index (χ0v) is 18.5. The Bertz CT molecular complexity index is 1080. The molecule has 0 atom stereocenters. The Kier molecular flexibility index (Phi) is 6.61. The van der Waals surface area contributed by atoms with Gasteiger partial charge in [-0.25, -0.2) is 4.98 Å². The fourth-order valence-electron chi connectivity index (χ4n) is 2.79. The largest absolute Gasteiger partial charge is 0.454 e. The van der Waals surface area contributed by atoms with E-state index in [1.165, 1.54) is 23.1 Å². The molecule has 4 rings (SSSR count). The predicted octanol–water partition coefficient (Wildman–Crippen LogP) is 4.75. The molecular weight excluding hydrogens is 440 g/mol. The van der Waals surface area contributed by atoms with E-state index in [-0.39, 0.29) is 30.7 Å². The molecule has 1 amide bonds. The number of nitrogens with zero attached hydrogens (tertiary/aromatic N) is 1. The van der Waals surface area contributed by atoms with Crippen LogP contribution in [0.15, 0.2) is 57.1 Å². The van der Waals surface area contributed by atoms with Gasteiger partial charge in [0.15, 0.2) is 21.6 Å². The second-order valence-electron chi connectivity index (χ2n) is 6.34. The molecular formula is C21H18N2O4S3. The third kappa shape index (κ3) is 5.16. The average Bonchev–Trinajstić information content (AvgIpc) is 3.40. The van der Waals surface area contributed by atoms with Crippen molar-refractivity contribution >= 4 is 52.2 Å². The number of hydrogen-bond acceptors (Lipinski definition) is 8. The molecule has 0 bridgehead atoms. The summed E-state index contributed by atoms with van der Waals surface area (Å²) in [6.45, 7) is 0.181. The molecule has 1 aliphatic heterocycles. The number of hydrogen-bond donors (Lipinski definition) is 1. The number of carbonyl (C=O) groups excluding carboxylic acids is 2. The number of thioether (sulfide) groups is 2. The van der Waals surface area contributed by atoms with Gasteiger partial charge < -0.3 is 14.8 Å². The van der Waals surface area contributed by atoms with Gasteiger partial charge in [0.1, 0.15) is 0 Å². The second kappa shape index (κ2) is 9.55.